The van der Waals surface area contributed by atoms with Gasteiger partial charge >= 0.3 is 0 Å². The molecule has 0 radical (unpaired) electrons. The van der Waals surface area contributed by atoms with Crippen molar-refractivity contribution in [3.05, 3.63) is 69.7 Å². The van der Waals surface area contributed by atoms with E-state index in [4.69, 9.17) is 0 Å². The molecule has 2 aromatic heterocycles. The molecule has 0 saturated carbocycles. The summed E-state index contributed by atoms with van der Waals surface area (Å²) < 4.78 is 2.65. The molecule has 2 heterocycles. The second kappa shape index (κ2) is 7.75. The van der Waals surface area contributed by atoms with Crippen LogP contribution in [0.3, 0.4) is 0 Å². The molecule has 1 amide bonds. The number of carbonyl (C=O) groups is 1. The Kier molecular flexibility index (Phi) is 5.15. The van der Waals surface area contributed by atoms with Crippen LogP contribution in [-0.2, 0) is 18.3 Å². The van der Waals surface area contributed by atoms with Gasteiger partial charge in [-0.05, 0) is 31.2 Å². The largest absolute Gasteiger partial charge is 0.337 e. The molecule has 0 spiro atoms. The lowest BCUT2D eigenvalue weighted by atomic mass is 10.2. The fraction of sp³-hybridized carbons (Fsp3) is 0.273. The number of aromatic nitrogens is 3. The highest BCUT2D eigenvalue weighted by Crippen LogP contribution is 2.29. The first-order chi connectivity index (χ1) is 14.0. The summed E-state index contributed by atoms with van der Waals surface area (Å²) >= 11 is 1.61. The molecule has 0 fully saturated rings. The van der Waals surface area contributed by atoms with Crippen molar-refractivity contribution in [2.75, 3.05) is 7.05 Å². The Labute approximate surface area is 172 Å². The van der Waals surface area contributed by atoms with E-state index in [9.17, 15) is 9.59 Å². The molecule has 0 bridgehead atoms. The third-order valence-corrected chi connectivity index (χ3v) is 6.49. The number of hydrogen-bond donors (Lipinski definition) is 0. The molecule has 2 aromatic carbocycles. The summed E-state index contributed by atoms with van der Waals surface area (Å²) in [7, 11) is 3.50. The van der Waals surface area contributed by atoms with Gasteiger partial charge in [0.25, 0.3) is 5.56 Å². The number of aryl methyl sites for hydroxylation is 1. The molecule has 0 aliphatic carbocycles. The third-order valence-electron chi connectivity index (χ3n) is 5.28. The van der Waals surface area contributed by atoms with Crippen molar-refractivity contribution >= 4 is 38.4 Å². The lowest BCUT2D eigenvalue weighted by Gasteiger charge is -2.23. The van der Waals surface area contributed by atoms with Crippen molar-refractivity contribution in [1.29, 1.82) is 0 Å². The normalized spacial score (nSPS) is 12.4. The van der Waals surface area contributed by atoms with Crippen molar-refractivity contribution < 1.29 is 4.79 Å². The lowest BCUT2D eigenvalue weighted by Crippen LogP contribution is -2.30. The number of rotatable bonds is 5. The van der Waals surface area contributed by atoms with Gasteiger partial charge in [0.15, 0.2) is 0 Å². The number of carbonyl (C=O) groups excluding carboxylic acids is 1. The molecule has 0 aliphatic rings. The Morgan fingerprint density at radius 2 is 1.79 bits per heavy atom. The van der Waals surface area contributed by atoms with Crippen molar-refractivity contribution in [2.45, 2.75) is 25.8 Å². The highest BCUT2D eigenvalue weighted by molar-refractivity contribution is 7.18. The van der Waals surface area contributed by atoms with Crippen molar-refractivity contribution in [3.63, 3.8) is 0 Å². The van der Waals surface area contributed by atoms with Crippen LogP contribution in [0.4, 0.5) is 0 Å². The van der Waals surface area contributed by atoms with Gasteiger partial charge in [-0.15, -0.1) is 11.3 Å². The maximum absolute atomic E-state index is 12.8. The number of hydrogen-bond acceptors (Lipinski definition) is 5. The highest BCUT2D eigenvalue weighted by Gasteiger charge is 2.21. The van der Waals surface area contributed by atoms with Crippen molar-refractivity contribution in [1.82, 2.24) is 19.4 Å². The van der Waals surface area contributed by atoms with E-state index < -0.39 is 0 Å². The van der Waals surface area contributed by atoms with Gasteiger partial charge in [-0.1, -0.05) is 24.3 Å². The molecule has 6 nitrogen and oxygen atoms in total. The zero-order chi connectivity index (χ0) is 20.5. The van der Waals surface area contributed by atoms with E-state index in [0.29, 0.717) is 23.1 Å². The zero-order valence-electron chi connectivity index (χ0n) is 16.6. The van der Waals surface area contributed by atoms with E-state index in [2.05, 4.69) is 9.97 Å². The van der Waals surface area contributed by atoms with E-state index >= 15 is 0 Å². The van der Waals surface area contributed by atoms with E-state index in [-0.39, 0.29) is 23.9 Å². The van der Waals surface area contributed by atoms with Crippen LogP contribution in [0.25, 0.3) is 21.1 Å². The highest BCUT2D eigenvalue weighted by atomic mass is 32.1. The summed E-state index contributed by atoms with van der Waals surface area (Å²) in [6.07, 6.45) is 0.691. The Bertz CT molecular complexity index is 1230. The van der Waals surface area contributed by atoms with Gasteiger partial charge in [0.05, 0.1) is 27.2 Å². The lowest BCUT2D eigenvalue weighted by molar-refractivity contribution is -0.131. The molecule has 0 unspecified atom stereocenters. The summed E-state index contributed by atoms with van der Waals surface area (Å²) in [5.74, 6) is 0.613. The minimum Gasteiger partial charge on any atom is -0.337 e. The standard InChI is InChI=1S/C22H22N4O2S/c1-14(21-24-17-10-6-7-11-18(17)29-21)25(2)20(27)13-12-19-23-16-9-5-4-8-15(16)22(28)26(19)3/h4-11,14H,12-13H2,1-3H3/t14-/m0/s1. The molecule has 4 rings (SSSR count). The van der Waals surface area contributed by atoms with Crippen LogP contribution in [-0.4, -0.2) is 32.4 Å². The van der Waals surface area contributed by atoms with E-state index in [1.54, 1.807) is 36.4 Å². The Morgan fingerprint density at radius 3 is 2.55 bits per heavy atom. The van der Waals surface area contributed by atoms with Crippen LogP contribution < -0.4 is 5.56 Å². The van der Waals surface area contributed by atoms with Crippen LogP contribution in [0.15, 0.2) is 53.3 Å². The Hall–Kier alpha value is -3.06. The molecule has 148 valence electrons. The maximum Gasteiger partial charge on any atom is 0.261 e. The first-order valence-corrected chi connectivity index (χ1v) is 10.3. The van der Waals surface area contributed by atoms with Crippen LogP contribution in [0.5, 0.6) is 0 Å². The second-order valence-corrected chi connectivity index (χ2v) is 8.17. The second-order valence-electron chi connectivity index (χ2n) is 7.11. The average Bonchev–Trinajstić information content (AvgIpc) is 3.18. The topological polar surface area (TPSA) is 68.1 Å². The summed E-state index contributed by atoms with van der Waals surface area (Å²) in [4.78, 5) is 36.3. The predicted octanol–water partition coefficient (Wildman–Crippen LogP) is 3.70. The van der Waals surface area contributed by atoms with Crippen LogP contribution >= 0.6 is 11.3 Å². The molecule has 0 aliphatic heterocycles. The smallest absolute Gasteiger partial charge is 0.261 e. The molecular formula is C22H22N4O2S. The molecule has 4 aromatic rings. The first-order valence-electron chi connectivity index (χ1n) is 9.51. The molecule has 7 heteroatoms. The maximum atomic E-state index is 12.8. The minimum absolute atomic E-state index is 0.000774. The molecule has 29 heavy (non-hydrogen) atoms. The average molecular weight is 407 g/mol. The Balaban J connectivity index is 1.50. The van der Waals surface area contributed by atoms with Crippen molar-refractivity contribution in [3.8, 4) is 0 Å². The summed E-state index contributed by atoms with van der Waals surface area (Å²) in [6.45, 7) is 1.99. The third kappa shape index (κ3) is 3.65. The predicted molar refractivity (Wildman–Crippen MR) is 116 cm³/mol. The van der Waals surface area contributed by atoms with E-state index in [1.807, 2.05) is 49.4 Å². The summed E-state index contributed by atoms with van der Waals surface area (Å²) in [5, 5.41) is 1.50. The number of thiazole rings is 1. The summed E-state index contributed by atoms with van der Waals surface area (Å²) in [5.41, 5.74) is 1.53. The number of benzene rings is 2. The van der Waals surface area contributed by atoms with Crippen LogP contribution in [0.1, 0.15) is 30.2 Å². The zero-order valence-corrected chi connectivity index (χ0v) is 17.4. The van der Waals surface area contributed by atoms with Crippen LogP contribution in [0, 0.1) is 0 Å². The fourth-order valence-electron chi connectivity index (χ4n) is 3.33. The Morgan fingerprint density at radius 1 is 1.10 bits per heavy atom. The molecular weight excluding hydrogens is 384 g/mol. The van der Waals surface area contributed by atoms with Crippen molar-refractivity contribution in [2.24, 2.45) is 7.05 Å². The quantitative estimate of drug-likeness (QED) is 0.507. The SMILES string of the molecule is C[C@@H](c1nc2ccccc2s1)N(C)C(=O)CCc1nc2ccccc2c(=O)n1C. The fourth-order valence-corrected chi connectivity index (χ4v) is 4.40. The summed E-state index contributed by atoms with van der Waals surface area (Å²) in [6, 6.07) is 15.1. The first kappa shape index (κ1) is 19.3. The van der Waals surface area contributed by atoms with Gasteiger partial charge < -0.3 is 4.90 Å². The molecule has 1 atom stereocenters. The van der Waals surface area contributed by atoms with Gasteiger partial charge in [0, 0.05) is 26.9 Å². The van der Waals surface area contributed by atoms with Gasteiger partial charge in [0.2, 0.25) is 5.91 Å². The number of para-hydroxylation sites is 2. The van der Waals surface area contributed by atoms with Gasteiger partial charge in [0.1, 0.15) is 10.8 Å². The molecule has 0 N–H and O–H groups in total. The van der Waals surface area contributed by atoms with Gasteiger partial charge in [-0.2, -0.15) is 0 Å². The monoisotopic (exact) mass is 406 g/mol. The van der Waals surface area contributed by atoms with Crippen LogP contribution in [0.2, 0.25) is 0 Å². The number of fused-ring (bicyclic) bond motifs is 2. The van der Waals surface area contributed by atoms with E-state index in [0.717, 1.165) is 15.2 Å². The van der Waals surface area contributed by atoms with Gasteiger partial charge in [-0.25, -0.2) is 9.97 Å². The number of amides is 1. The minimum atomic E-state index is -0.117. The molecule has 0 saturated heterocycles. The number of nitrogens with zero attached hydrogens (tertiary/aromatic N) is 4. The van der Waals surface area contributed by atoms with E-state index in [1.165, 1.54) is 4.57 Å². The van der Waals surface area contributed by atoms with Gasteiger partial charge in [-0.3, -0.25) is 14.2 Å².